The lowest BCUT2D eigenvalue weighted by atomic mass is 10.1. The highest BCUT2D eigenvalue weighted by Gasteiger charge is 2.17. The zero-order valence-electron chi connectivity index (χ0n) is 29.2. The van der Waals surface area contributed by atoms with Crippen molar-refractivity contribution < 1.29 is 4.42 Å². The maximum Gasteiger partial charge on any atom is 0.227 e. The summed E-state index contributed by atoms with van der Waals surface area (Å²) in [6.07, 6.45) is 0. The molecule has 0 saturated heterocycles. The van der Waals surface area contributed by atoms with E-state index in [1.54, 1.807) is 11.3 Å². The van der Waals surface area contributed by atoms with Gasteiger partial charge in [-0.2, -0.15) is 0 Å². The van der Waals surface area contributed by atoms with Gasteiger partial charge in [0.1, 0.15) is 10.5 Å². The normalized spacial score (nSPS) is 11.6. The molecule has 0 aliphatic heterocycles. The highest BCUT2D eigenvalue weighted by atomic mass is 32.1. The number of hydrogen-bond donors (Lipinski definition) is 0. The van der Waals surface area contributed by atoms with Crippen molar-refractivity contribution in [2.24, 2.45) is 0 Å². The number of nitrogens with zero attached hydrogens (tertiary/aromatic N) is 6. The van der Waals surface area contributed by atoms with E-state index in [0.717, 1.165) is 76.2 Å². The molecule has 0 saturated carbocycles. The van der Waals surface area contributed by atoms with E-state index in [9.17, 15) is 0 Å². The van der Waals surface area contributed by atoms with Crippen LogP contribution in [0.25, 0.3) is 105 Å². The van der Waals surface area contributed by atoms with Crippen molar-refractivity contribution in [3.63, 3.8) is 0 Å². The van der Waals surface area contributed by atoms with E-state index in [2.05, 4.69) is 83.4 Å². The summed E-state index contributed by atoms with van der Waals surface area (Å²) in [4.78, 5) is 24.5. The van der Waals surface area contributed by atoms with Crippen molar-refractivity contribution in [2.45, 2.75) is 0 Å². The highest BCUT2D eigenvalue weighted by molar-refractivity contribution is 7.21. The summed E-state index contributed by atoms with van der Waals surface area (Å²) in [7, 11) is 0. The Morgan fingerprint density at radius 3 is 1.78 bits per heavy atom. The molecule has 0 radical (unpaired) electrons. The summed E-state index contributed by atoms with van der Waals surface area (Å²) in [5.74, 6) is 2.53. The standard InChI is InChI=1S/C47H28N6OS/c1-3-11-29(12-4-1)43-50-44(30-13-5-2-6-14-30)52-45(51-43)32-21-25-38-42(28-32)55-47(49-38)31-19-23-34(24-20-31)53-39-17-9-7-15-35(39)36-27-33(22-26-40(36)53)46-48-37-16-8-10-18-41(37)54-46/h1-28H. The van der Waals surface area contributed by atoms with Gasteiger partial charge in [-0.3, -0.25) is 0 Å². The molecule has 0 spiro atoms. The molecule has 258 valence electrons. The van der Waals surface area contributed by atoms with Gasteiger partial charge in [-0.05, 0) is 78.9 Å². The Kier molecular flexibility index (Phi) is 7.21. The number of hydrogen-bond acceptors (Lipinski definition) is 7. The van der Waals surface area contributed by atoms with E-state index in [1.165, 1.54) is 5.39 Å². The van der Waals surface area contributed by atoms with Gasteiger partial charge in [-0.1, -0.05) is 91.0 Å². The highest BCUT2D eigenvalue weighted by Crippen LogP contribution is 2.37. The predicted octanol–water partition coefficient (Wildman–Crippen LogP) is 12.1. The SMILES string of the molecule is c1ccc(-c2nc(-c3ccccc3)nc(-c3ccc4nc(-c5ccc(-n6c7ccccc7c7cc(-c8nc9ccccc9o8)ccc76)cc5)sc4c3)n2)cc1. The second-order valence-corrected chi connectivity index (χ2v) is 14.4. The molecule has 0 fully saturated rings. The molecule has 0 aliphatic rings. The lowest BCUT2D eigenvalue weighted by Crippen LogP contribution is -1.99. The molecule has 8 heteroatoms. The minimum Gasteiger partial charge on any atom is -0.436 e. The van der Waals surface area contributed by atoms with Crippen LogP contribution in [0.2, 0.25) is 0 Å². The van der Waals surface area contributed by atoms with Crippen LogP contribution in [0.5, 0.6) is 0 Å². The average molecular weight is 725 g/mol. The van der Waals surface area contributed by atoms with Crippen molar-refractivity contribution in [2.75, 3.05) is 0 Å². The number of thiazole rings is 1. The second-order valence-electron chi connectivity index (χ2n) is 13.4. The van der Waals surface area contributed by atoms with Crippen molar-refractivity contribution in [1.82, 2.24) is 29.5 Å². The number of fused-ring (bicyclic) bond motifs is 5. The Morgan fingerprint density at radius 2 is 1.04 bits per heavy atom. The van der Waals surface area contributed by atoms with Crippen LogP contribution in [0.3, 0.4) is 0 Å². The Hall–Kier alpha value is -7.29. The molecule has 0 N–H and O–H groups in total. The van der Waals surface area contributed by atoms with Crippen molar-refractivity contribution in [3.8, 4) is 61.9 Å². The zero-order chi connectivity index (χ0) is 36.3. The van der Waals surface area contributed by atoms with Crippen LogP contribution in [0.1, 0.15) is 0 Å². The van der Waals surface area contributed by atoms with Gasteiger partial charge < -0.3 is 8.98 Å². The molecule has 0 unspecified atom stereocenters. The topological polar surface area (TPSA) is 82.5 Å². The first-order valence-electron chi connectivity index (χ1n) is 18.0. The third-order valence-corrected chi connectivity index (χ3v) is 11.0. The Morgan fingerprint density at radius 1 is 0.418 bits per heavy atom. The Bertz CT molecular complexity index is 3110. The number of rotatable bonds is 6. The van der Waals surface area contributed by atoms with Gasteiger partial charge >= 0.3 is 0 Å². The maximum absolute atomic E-state index is 6.12. The Balaban J connectivity index is 0.947. The molecule has 4 aromatic heterocycles. The average Bonchev–Trinajstić information content (AvgIpc) is 3.98. The number of benzene rings is 7. The van der Waals surface area contributed by atoms with Crippen LogP contribution >= 0.6 is 11.3 Å². The molecule has 0 bridgehead atoms. The predicted molar refractivity (Wildman–Crippen MR) is 222 cm³/mol. The van der Waals surface area contributed by atoms with Gasteiger partial charge in [0.05, 0.1) is 21.3 Å². The smallest absolute Gasteiger partial charge is 0.227 e. The van der Waals surface area contributed by atoms with Crippen LogP contribution in [0.15, 0.2) is 174 Å². The molecule has 11 rings (SSSR count). The van der Waals surface area contributed by atoms with Gasteiger partial charge in [0, 0.05) is 44.3 Å². The molecular weight excluding hydrogens is 697 g/mol. The van der Waals surface area contributed by atoms with Crippen molar-refractivity contribution >= 4 is 54.5 Å². The fourth-order valence-electron chi connectivity index (χ4n) is 7.26. The summed E-state index contributed by atoms with van der Waals surface area (Å²) in [5, 5.41) is 3.27. The third-order valence-electron chi connectivity index (χ3n) is 9.93. The molecule has 0 aliphatic carbocycles. The molecule has 11 aromatic rings. The molecule has 55 heavy (non-hydrogen) atoms. The zero-order valence-corrected chi connectivity index (χ0v) is 30.0. The van der Waals surface area contributed by atoms with E-state index in [1.807, 2.05) is 91.0 Å². The monoisotopic (exact) mass is 724 g/mol. The summed E-state index contributed by atoms with van der Waals surface area (Å²) < 4.78 is 9.51. The molecule has 0 atom stereocenters. The maximum atomic E-state index is 6.12. The minimum absolute atomic E-state index is 0.620. The van der Waals surface area contributed by atoms with Crippen LogP contribution in [0.4, 0.5) is 0 Å². The lowest BCUT2D eigenvalue weighted by Gasteiger charge is -2.08. The number of para-hydroxylation sites is 3. The summed E-state index contributed by atoms with van der Waals surface area (Å²) in [5.41, 5.74) is 10.7. The van der Waals surface area contributed by atoms with Crippen molar-refractivity contribution in [3.05, 3.63) is 170 Å². The number of oxazole rings is 1. The summed E-state index contributed by atoms with van der Waals surface area (Å²) >= 11 is 1.67. The van der Waals surface area contributed by atoms with E-state index in [4.69, 9.17) is 29.3 Å². The second kappa shape index (κ2) is 12.7. The van der Waals surface area contributed by atoms with Gasteiger partial charge in [-0.25, -0.2) is 24.9 Å². The first-order valence-corrected chi connectivity index (χ1v) is 18.8. The fraction of sp³-hybridized carbons (Fsp3) is 0. The lowest BCUT2D eigenvalue weighted by molar-refractivity contribution is 0.620. The Labute approximate surface area is 318 Å². The van der Waals surface area contributed by atoms with Gasteiger partial charge in [-0.15, -0.1) is 11.3 Å². The van der Waals surface area contributed by atoms with E-state index in [0.29, 0.717) is 23.4 Å². The van der Waals surface area contributed by atoms with Crippen LogP contribution < -0.4 is 0 Å². The number of aromatic nitrogens is 6. The van der Waals surface area contributed by atoms with Crippen molar-refractivity contribution in [1.29, 1.82) is 0 Å². The first kappa shape index (κ1) is 31.3. The third kappa shape index (κ3) is 5.47. The van der Waals surface area contributed by atoms with Crippen LogP contribution in [-0.4, -0.2) is 29.5 Å². The summed E-state index contributed by atoms with van der Waals surface area (Å²) in [6, 6.07) is 57.8. The van der Waals surface area contributed by atoms with E-state index < -0.39 is 0 Å². The molecule has 7 aromatic carbocycles. The van der Waals surface area contributed by atoms with E-state index >= 15 is 0 Å². The van der Waals surface area contributed by atoms with Gasteiger partial charge in [0.25, 0.3) is 0 Å². The van der Waals surface area contributed by atoms with E-state index in [-0.39, 0.29) is 0 Å². The molecule has 0 amide bonds. The molecular formula is C47H28N6OS. The van der Waals surface area contributed by atoms with Crippen LogP contribution in [-0.2, 0) is 0 Å². The quantitative estimate of drug-likeness (QED) is 0.170. The van der Waals surface area contributed by atoms with Gasteiger partial charge in [0.15, 0.2) is 23.1 Å². The largest absolute Gasteiger partial charge is 0.436 e. The fourth-order valence-corrected chi connectivity index (χ4v) is 8.27. The summed E-state index contributed by atoms with van der Waals surface area (Å²) in [6.45, 7) is 0. The minimum atomic E-state index is 0.620. The van der Waals surface area contributed by atoms with Crippen LogP contribution in [0, 0.1) is 0 Å². The first-order chi connectivity index (χ1) is 27.2. The molecule has 4 heterocycles. The molecule has 7 nitrogen and oxygen atoms in total. The van der Waals surface area contributed by atoms with Gasteiger partial charge in [0.2, 0.25) is 5.89 Å².